The van der Waals surface area contributed by atoms with E-state index in [1.807, 2.05) is 0 Å². The van der Waals surface area contributed by atoms with E-state index in [0.29, 0.717) is 5.00 Å². The van der Waals surface area contributed by atoms with E-state index in [2.05, 4.69) is 31.1 Å². The summed E-state index contributed by atoms with van der Waals surface area (Å²) in [6.07, 6.45) is -3.28. The number of nitrogens with two attached hydrogens (primary N) is 1. The number of ether oxygens (including phenoxy) is 1. The van der Waals surface area contributed by atoms with Crippen LogP contribution in [0.3, 0.4) is 0 Å². The minimum absolute atomic E-state index is 0.475. The zero-order valence-corrected chi connectivity index (χ0v) is 13.1. The second kappa shape index (κ2) is 6.79. The number of carbonyl (C=O) groups excluding carboxylic acids is 1. The Morgan fingerprint density at radius 3 is 2.73 bits per heavy atom. The molecule has 0 unspecified atom stereocenters. The number of amides is 1. The molecule has 2 aromatic heterocycles. The fraction of sp³-hybridized carbons (Fsp3) is 0.200. The molecular formula is C10H8BrF2N5O3S. The van der Waals surface area contributed by atoms with Crippen molar-refractivity contribution in [2.45, 2.75) is 6.54 Å². The first-order valence-corrected chi connectivity index (χ1v) is 7.28. The van der Waals surface area contributed by atoms with Gasteiger partial charge in [-0.05, 0) is 32.4 Å². The Kier molecular flexibility index (Phi) is 5.03. The maximum Gasteiger partial charge on any atom is 0.404 e. The molecule has 0 aliphatic rings. The average Bonchev–Trinajstić information content (AvgIpc) is 3.01. The minimum Gasteiger partial charge on any atom is -0.445 e. The summed E-state index contributed by atoms with van der Waals surface area (Å²) in [6, 6.07) is 1.63. The summed E-state index contributed by atoms with van der Waals surface area (Å²) in [5, 5.41) is 9.34. The molecule has 0 fully saturated rings. The van der Waals surface area contributed by atoms with Gasteiger partial charge < -0.3 is 10.5 Å². The molecule has 0 saturated heterocycles. The number of hydrogen-bond donors (Lipinski definition) is 1. The zero-order valence-electron chi connectivity index (χ0n) is 10.7. The third-order valence-electron chi connectivity index (χ3n) is 2.40. The smallest absolute Gasteiger partial charge is 0.404 e. The van der Waals surface area contributed by atoms with Crippen molar-refractivity contribution in [1.29, 1.82) is 0 Å². The van der Waals surface area contributed by atoms with E-state index >= 15 is 0 Å². The Hall–Kier alpha value is -2.08. The predicted octanol–water partition coefficient (Wildman–Crippen LogP) is 1.50. The molecule has 0 saturated carbocycles. The molecule has 8 nitrogen and oxygen atoms in total. The monoisotopic (exact) mass is 395 g/mol. The van der Waals surface area contributed by atoms with Crippen LogP contribution in [0.2, 0.25) is 0 Å². The molecule has 12 heteroatoms. The maximum absolute atomic E-state index is 12.8. The normalized spacial score (nSPS) is 10.5. The molecule has 0 bridgehead atoms. The lowest BCUT2D eigenvalue weighted by atomic mass is 10.3. The van der Waals surface area contributed by atoms with Crippen LogP contribution >= 0.6 is 27.3 Å². The van der Waals surface area contributed by atoms with Crippen molar-refractivity contribution in [3.8, 4) is 5.00 Å². The number of thiophene rings is 1. The summed E-state index contributed by atoms with van der Waals surface area (Å²) in [7, 11) is 0. The summed E-state index contributed by atoms with van der Waals surface area (Å²) in [6.45, 7) is -1.30. The largest absolute Gasteiger partial charge is 0.445 e. The molecule has 118 valence electrons. The topological polar surface area (TPSA) is 105 Å². The number of primary amides is 1. The van der Waals surface area contributed by atoms with Gasteiger partial charge >= 0.3 is 11.8 Å². The zero-order chi connectivity index (χ0) is 16.3. The van der Waals surface area contributed by atoms with Crippen LogP contribution < -0.4 is 11.4 Å². The standard InChI is InChI=1S/C10H8BrF2N5O3S/c11-6-1-7(22-4-6)18-10(20)17(15-16-18)2-5(8(12)13)3-21-9(14)19/h1,4H,2-3H2,(H2,14,19). The second-order valence-corrected chi connectivity index (χ2v) is 5.71. The molecule has 1 amide bonds. The van der Waals surface area contributed by atoms with E-state index in [1.165, 1.54) is 11.3 Å². The van der Waals surface area contributed by atoms with Gasteiger partial charge in [0.05, 0.1) is 12.1 Å². The van der Waals surface area contributed by atoms with Gasteiger partial charge in [-0.2, -0.15) is 18.1 Å². The Morgan fingerprint density at radius 1 is 1.45 bits per heavy atom. The van der Waals surface area contributed by atoms with Gasteiger partial charge in [-0.25, -0.2) is 9.59 Å². The lowest BCUT2D eigenvalue weighted by molar-refractivity contribution is 0.163. The summed E-state index contributed by atoms with van der Waals surface area (Å²) in [4.78, 5) is 22.5. The van der Waals surface area contributed by atoms with E-state index < -0.39 is 36.6 Å². The highest BCUT2D eigenvalue weighted by atomic mass is 79.9. The number of nitrogens with zero attached hydrogens (tertiary/aromatic N) is 4. The molecule has 2 N–H and O–H groups in total. The molecular weight excluding hydrogens is 388 g/mol. The summed E-state index contributed by atoms with van der Waals surface area (Å²) < 4.78 is 32.3. The van der Waals surface area contributed by atoms with Crippen LogP contribution in [0.1, 0.15) is 0 Å². The van der Waals surface area contributed by atoms with Crippen molar-refractivity contribution >= 4 is 33.4 Å². The molecule has 2 rings (SSSR count). The van der Waals surface area contributed by atoms with E-state index in [9.17, 15) is 18.4 Å². The van der Waals surface area contributed by atoms with Crippen molar-refractivity contribution in [3.63, 3.8) is 0 Å². The highest BCUT2D eigenvalue weighted by molar-refractivity contribution is 9.10. The number of aromatic nitrogens is 4. The van der Waals surface area contributed by atoms with E-state index in [4.69, 9.17) is 5.73 Å². The number of tetrazole rings is 1. The molecule has 0 radical (unpaired) electrons. The number of halogens is 3. The first-order chi connectivity index (χ1) is 10.4. The van der Waals surface area contributed by atoms with Crippen molar-refractivity contribution in [1.82, 2.24) is 19.8 Å². The maximum atomic E-state index is 12.8. The van der Waals surface area contributed by atoms with Gasteiger partial charge in [-0.1, -0.05) is 0 Å². The van der Waals surface area contributed by atoms with Gasteiger partial charge in [-0.15, -0.1) is 11.3 Å². The van der Waals surface area contributed by atoms with E-state index in [1.54, 1.807) is 11.4 Å². The van der Waals surface area contributed by atoms with Crippen LogP contribution in [0.4, 0.5) is 13.6 Å². The van der Waals surface area contributed by atoms with Crippen LogP contribution in [-0.2, 0) is 11.3 Å². The van der Waals surface area contributed by atoms with Crippen LogP contribution in [0.5, 0.6) is 0 Å². The van der Waals surface area contributed by atoms with Gasteiger partial charge in [0.25, 0.3) is 6.08 Å². The lowest BCUT2D eigenvalue weighted by Crippen LogP contribution is -2.26. The summed E-state index contributed by atoms with van der Waals surface area (Å²) in [5.41, 5.74) is 3.42. The molecule has 0 aliphatic carbocycles. The highest BCUT2D eigenvalue weighted by Gasteiger charge is 2.15. The van der Waals surface area contributed by atoms with Crippen LogP contribution in [-0.4, -0.2) is 32.5 Å². The van der Waals surface area contributed by atoms with Gasteiger partial charge in [0, 0.05) is 9.85 Å². The van der Waals surface area contributed by atoms with Crippen LogP contribution in [0.25, 0.3) is 5.00 Å². The Labute approximate surface area is 133 Å². The Morgan fingerprint density at radius 2 is 2.18 bits per heavy atom. The molecule has 0 atom stereocenters. The fourth-order valence-corrected chi connectivity index (χ4v) is 2.78. The Bertz CT molecular complexity index is 780. The van der Waals surface area contributed by atoms with Crippen molar-refractivity contribution < 1.29 is 18.3 Å². The number of hydrogen-bond acceptors (Lipinski definition) is 6. The first kappa shape index (κ1) is 16.3. The molecule has 0 spiro atoms. The highest BCUT2D eigenvalue weighted by Crippen LogP contribution is 2.21. The second-order valence-electron chi connectivity index (χ2n) is 3.91. The quantitative estimate of drug-likeness (QED) is 0.825. The van der Waals surface area contributed by atoms with Crippen LogP contribution in [0, 0.1) is 0 Å². The molecule has 2 heterocycles. The number of rotatable bonds is 5. The van der Waals surface area contributed by atoms with Gasteiger partial charge in [-0.3, -0.25) is 0 Å². The summed E-state index contributed by atoms with van der Waals surface area (Å²) in [5.74, 6) is 0. The van der Waals surface area contributed by atoms with Crippen molar-refractivity contribution in [2.24, 2.45) is 5.73 Å². The minimum atomic E-state index is -2.08. The fourth-order valence-electron chi connectivity index (χ4n) is 1.42. The molecule has 2 aromatic rings. The van der Waals surface area contributed by atoms with E-state index in [-0.39, 0.29) is 0 Å². The SMILES string of the molecule is NC(=O)OCC(Cn1nnn(-c2cc(Br)cs2)c1=O)=C(F)F. The molecule has 0 aliphatic heterocycles. The van der Waals surface area contributed by atoms with Crippen molar-refractivity contribution in [2.75, 3.05) is 6.61 Å². The third-order valence-corrected chi connectivity index (χ3v) is 4.06. The van der Waals surface area contributed by atoms with Crippen molar-refractivity contribution in [3.05, 3.63) is 38.1 Å². The molecule has 0 aromatic carbocycles. The lowest BCUT2D eigenvalue weighted by Gasteiger charge is -2.04. The van der Waals surface area contributed by atoms with Gasteiger partial charge in [0.2, 0.25) is 0 Å². The van der Waals surface area contributed by atoms with Crippen LogP contribution in [0.15, 0.2) is 32.4 Å². The number of carbonyl (C=O) groups is 1. The Balaban J connectivity index is 2.23. The average molecular weight is 396 g/mol. The molecule has 22 heavy (non-hydrogen) atoms. The van der Waals surface area contributed by atoms with E-state index in [0.717, 1.165) is 13.8 Å². The van der Waals surface area contributed by atoms with Gasteiger partial charge in [0.1, 0.15) is 11.6 Å². The summed E-state index contributed by atoms with van der Waals surface area (Å²) >= 11 is 4.45. The predicted molar refractivity (Wildman–Crippen MR) is 76.0 cm³/mol. The van der Waals surface area contributed by atoms with Gasteiger partial charge in [0.15, 0.2) is 0 Å². The third kappa shape index (κ3) is 3.76. The first-order valence-electron chi connectivity index (χ1n) is 5.61.